The standard InChI is InChI=1S/C5H10O3P/c1-9-6-2-5(3-7-9)4-8-9/h5H,2-4H2,1H3/q+1. The van der Waals surface area contributed by atoms with Gasteiger partial charge in [-0.2, -0.15) is 13.6 Å². The number of fused-ring (bicyclic) bond motifs is 3. The first-order chi connectivity index (χ1) is 4.29. The molecule has 0 unspecified atom stereocenters. The molecule has 0 aromatic rings. The van der Waals surface area contributed by atoms with Crippen LogP contribution >= 0.6 is 7.94 Å². The lowest BCUT2D eigenvalue weighted by molar-refractivity contribution is -0.0163. The predicted molar refractivity (Wildman–Crippen MR) is 34.2 cm³/mol. The minimum atomic E-state index is -1.78. The van der Waals surface area contributed by atoms with Crippen molar-refractivity contribution in [2.75, 3.05) is 26.5 Å². The van der Waals surface area contributed by atoms with Crippen LogP contribution in [-0.4, -0.2) is 26.5 Å². The summed E-state index contributed by atoms with van der Waals surface area (Å²) < 4.78 is 16.0. The lowest BCUT2D eigenvalue weighted by Gasteiger charge is -2.32. The Kier molecular flexibility index (Phi) is 1.27. The Balaban J connectivity index is 2.11. The van der Waals surface area contributed by atoms with Crippen molar-refractivity contribution in [2.45, 2.75) is 0 Å². The van der Waals surface area contributed by atoms with E-state index >= 15 is 0 Å². The van der Waals surface area contributed by atoms with E-state index in [4.69, 9.17) is 13.6 Å². The van der Waals surface area contributed by atoms with Gasteiger partial charge in [-0.25, -0.2) is 0 Å². The van der Waals surface area contributed by atoms with Gasteiger partial charge in [0.05, 0.1) is 0 Å². The summed E-state index contributed by atoms with van der Waals surface area (Å²) >= 11 is 0. The van der Waals surface area contributed by atoms with E-state index in [2.05, 4.69) is 0 Å². The summed E-state index contributed by atoms with van der Waals surface area (Å²) in [7, 11) is -1.78. The molecule has 3 aliphatic rings. The smallest absolute Gasteiger partial charge is 0.178 e. The van der Waals surface area contributed by atoms with E-state index in [-0.39, 0.29) is 0 Å². The van der Waals surface area contributed by atoms with Crippen LogP contribution < -0.4 is 0 Å². The third kappa shape index (κ3) is 0.987. The summed E-state index contributed by atoms with van der Waals surface area (Å²) in [6, 6.07) is 0. The van der Waals surface area contributed by atoms with Gasteiger partial charge in [0.1, 0.15) is 26.5 Å². The summed E-state index contributed by atoms with van der Waals surface area (Å²) in [6.07, 6.45) is 0. The maximum Gasteiger partial charge on any atom is 0.408 e. The highest BCUT2D eigenvalue weighted by Crippen LogP contribution is 2.64. The molecule has 0 aliphatic carbocycles. The van der Waals surface area contributed by atoms with Crippen molar-refractivity contribution >= 4 is 7.94 Å². The van der Waals surface area contributed by atoms with Crippen molar-refractivity contribution in [2.24, 2.45) is 5.92 Å². The second kappa shape index (κ2) is 1.89. The molecule has 3 aliphatic heterocycles. The second-order valence-corrected chi connectivity index (χ2v) is 4.84. The predicted octanol–water partition coefficient (Wildman–Crippen LogP) is 1.07. The van der Waals surface area contributed by atoms with E-state index in [1.54, 1.807) is 0 Å². The molecule has 52 valence electrons. The Labute approximate surface area is 54.9 Å². The monoisotopic (exact) mass is 149 g/mol. The van der Waals surface area contributed by atoms with Crippen LogP contribution in [0.5, 0.6) is 0 Å². The average Bonchev–Trinajstić information content (AvgIpc) is 1.90. The average molecular weight is 149 g/mol. The van der Waals surface area contributed by atoms with Crippen LogP contribution in [0.3, 0.4) is 0 Å². The first kappa shape index (κ1) is 6.05. The normalized spacial score (nSPS) is 49.7. The highest BCUT2D eigenvalue weighted by molar-refractivity contribution is 7.60. The highest BCUT2D eigenvalue weighted by Gasteiger charge is 2.50. The summed E-state index contributed by atoms with van der Waals surface area (Å²) in [4.78, 5) is 0. The third-order valence-corrected chi connectivity index (χ3v) is 3.49. The molecule has 0 atom stereocenters. The molecule has 3 fully saturated rings. The van der Waals surface area contributed by atoms with Gasteiger partial charge in [-0.15, -0.1) is 0 Å². The van der Waals surface area contributed by atoms with Gasteiger partial charge in [0.15, 0.2) is 0 Å². The van der Waals surface area contributed by atoms with E-state index < -0.39 is 7.94 Å². The van der Waals surface area contributed by atoms with Crippen LogP contribution in [0.4, 0.5) is 0 Å². The molecule has 0 spiro atoms. The zero-order chi connectivity index (χ0) is 6.32. The summed E-state index contributed by atoms with van der Waals surface area (Å²) in [5.74, 6) is 0.492. The Morgan fingerprint density at radius 3 is 1.78 bits per heavy atom. The van der Waals surface area contributed by atoms with Gasteiger partial charge >= 0.3 is 7.94 Å². The molecule has 3 saturated heterocycles. The lowest BCUT2D eigenvalue weighted by atomic mass is 10.2. The van der Waals surface area contributed by atoms with Crippen LogP contribution in [0, 0.1) is 5.92 Å². The fraction of sp³-hybridized carbons (Fsp3) is 1.00. The molecule has 0 saturated carbocycles. The van der Waals surface area contributed by atoms with Gasteiger partial charge in [-0.1, -0.05) is 0 Å². The Morgan fingerprint density at radius 2 is 1.56 bits per heavy atom. The maximum absolute atomic E-state index is 5.33. The van der Waals surface area contributed by atoms with E-state index in [1.165, 1.54) is 0 Å². The Hall–Kier alpha value is 0.310. The molecule has 3 nitrogen and oxygen atoms in total. The first-order valence-corrected chi connectivity index (χ1v) is 5.08. The van der Waals surface area contributed by atoms with Gasteiger partial charge in [-0.05, 0) is 0 Å². The zero-order valence-corrected chi connectivity index (χ0v) is 6.27. The van der Waals surface area contributed by atoms with E-state index in [0.29, 0.717) is 5.92 Å². The third-order valence-electron chi connectivity index (χ3n) is 1.63. The highest BCUT2D eigenvalue weighted by atomic mass is 31.2. The van der Waals surface area contributed by atoms with Gasteiger partial charge in [0.2, 0.25) is 0 Å². The number of hydrogen-bond donors (Lipinski definition) is 0. The molecule has 0 amide bonds. The molecule has 3 rings (SSSR count). The van der Waals surface area contributed by atoms with E-state index in [0.717, 1.165) is 19.8 Å². The van der Waals surface area contributed by atoms with Gasteiger partial charge in [0, 0.05) is 5.92 Å². The summed E-state index contributed by atoms with van der Waals surface area (Å²) in [6.45, 7) is 4.43. The van der Waals surface area contributed by atoms with E-state index in [9.17, 15) is 0 Å². The molecule has 0 N–H and O–H groups in total. The Morgan fingerprint density at radius 1 is 1.11 bits per heavy atom. The van der Waals surface area contributed by atoms with E-state index in [1.807, 2.05) is 6.66 Å². The van der Waals surface area contributed by atoms with Crippen molar-refractivity contribution in [3.63, 3.8) is 0 Å². The summed E-state index contributed by atoms with van der Waals surface area (Å²) in [5, 5.41) is 0. The van der Waals surface area contributed by atoms with Crippen LogP contribution in [-0.2, 0) is 13.6 Å². The lowest BCUT2D eigenvalue weighted by Crippen LogP contribution is -2.34. The van der Waals surface area contributed by atoms with Crippen molar-refractivity contribution in [1.29, 1.82) is 0 Å². The molecular formula is C5H10O3P+. The molecule has 4 heteroatoms. The largest absolute Gasteiger partial charge is 0.408 e. The topological polar surface area (TPSA) is 27.7 Å². The zero-order valence-electron chi connectivity index (χ0n) is 5.37. The van der Waals surface area contributed by atoms with Crippen LogP contribution in [0.15, 0.2) is 0 Å². The summed E-state index contributed by atoms with van der Waals surface area (Å²) in [5.41, 5.74) is 0. The van der Waals surface area contributed by atoms with Crippen LogP contribution in [0.2, 0.25) is 0 Å². The van der Waals surface area contributed by atoms with Gasteiger partial charge in [-0.3, -0.25) is 0 Å². The molecule has 9 heavy (non-hydrogen) atoms. The second-order valence-electron chi connectivity index (χ2n) is 2.52. The van der Waals surface area contributed by atoms with Crippen molar-refractivity contribution in [3.8, 4) is 0 Å². The van der Waals surface area contributed by atoms with Gasteiger partial charge in [0.25, 0.3) is 0 Å². The fourth-order valence-electron chi connectivity index (χ4n) is 0.979. The van der Waals surface area contributed by atoms with Crippen molar-refractivity contribution in [3.05, 3.63) is 0 Å². The van der Waals surface area contributed by atoms with Crippen molar-refractivity contribution in [1.82, 2.24) is 0 Å². The maximum atomic E-state index is 5.33. The number of hydrogen-bond acceptors (Lipinski definition) is 3. The molecule has 0 aromatic carbocycles. The minimum Gasteiger partial charge on any atom is -0.178 e. The molecule has 0 aromatic heterocycles. The molecular weight excluding hydrogens is 139 g/mol. The van der Waals surface area contributed by atoms with Crippen LogP contribution in [0.25, 0.3) is 0 Å². The quantitative estimate of drug-likeness (QED) is 0.482. The molecule has 2 bridgehead atoms. The minimum absolute atomic E-state index is 0.492. The molecule has 0 radical (unpaired) electrons. The van der Waals surface area contributed by atoms with Crippen molar-refractivity contribution < 1.29 is 13.6 Å². The number of rotatable bonds is 0. The molecule has 3 heterocycles. The first-order valence-electron chi connectivity index (χ1n) is 3.09. The Bertz CT molecular complexity index is 106. The SMILES string of the molecule is C[P+]12OCC(CO1)CO2. The fourth-order valence-corrected chi connectivity index (χ4v) is 2.65. The van der Waals surface area contributed by atoms with Gasteiger partial charge < -0.3 is 0 Å². The van der Waals surface area contributed by atoms with Crippen LogP contribution in [0.1, 0.15) is 0 Å².